The molecule has 1 aromatic heterocycles. The van der Waals surface area contributed by atoms with E-state index in [4.69, 9.17) is 27.9 Å². The van der Waals surface area contributed by atoms with Crippen molar-refractivity contribution in [1.82, 2.24) is 10.3 Å². The van der Waals surface area contributed by atoms with Crippen molar-refractivity contribution in [2.45, 2.75) is 6.42 Å². The van der Waals surface area contributed by atoms with Gasteiger partial charge in [0.05, 0.1) is 10.7 Å². The van der Waals surface area contributed by atoms with Gasteiger partial charge in [-0.3, -0.25) is 19.4 Å². The first kappa shape index (κ1) is 23.1. The van der Waals surface area contributed by atoms with Gasteiger partial charge in [-0.15, -0.1) is 0 Å². The first-order valence-corrected chi connectivity index (χ1v) is 10.1. The number of hydrogen-bond donors (Lipinski definition) is 3. The van der Waals surface area contributed by atoms with Crippen molar-refractivity contribution in [2.75, 3.05) is 17.7 Å². The minimum absolute atomic E-state index is 0.229. The Hall–Kier alpha value is -3.62. The molecule has 3 aromatic rings. The number of anilines is 2. The fourth-order valence-electron chi connectivity index (χ4n) is 2.61. The summed E-state index contributed by atoms with van der Waals surface area (Å²) in [4.78, 5) is 39.9. The van der Waals surface area contributed by atoms with Crippen LogP contribution in [0.25, 0.3) is 0 Å². The molecule has 0 aliphatic carbocycles. The molecule has 8 nitrogen and oxygen atoms in total. The number of hydrogen-bond acceptors (Lipinski definition) is 5. The number of halogens is 2. The average Bonchev–Trinajstić information content (AvgIpc) is 2.76. The van der Waals surface area contributed by atoms with E-state index in [9.17, 15) is 14.4 Å². The first-order chi connectivity index (χ1) is 15.3. The molecule has 0 aliphatic heterocycles. The molecule has 1 heterocycles. The SMILES string of the molecule is CNC(=O)c1cc(Oc2ccc(NC(=O)CC(=O)Nc3ccc(Cl)cc3Cl)cc2)ccn1. The van der Waals surface area contributed by atoms with Crippen molar-refractivity contribution in [3.05, 3.63) is 76.5 Å². The van der Waals surface area contributed by atoms with Crippen LogP contribution < -0.4 is 20.7 Å². The molecule has 0 aliphatic rings. The summed E-state index contributed by atoms with van der Waals surface area (Å²) in [6.07, 6.45) is 1.08. The van der Waals surface area contributed by atoms with Crippen LogP contribution in [0.4, 0.5) is 11.4 Å². The summed E-state index contributed by atoms with van der Waals surface area (Å²) < 4.78 is 5.71. The zero-order valence-electron chi connectivity index (χ0n) is 16.8. The van der Waals surface area contributed by atoms with E-state index in [0.717, 1.165) is 0 Å². The van der Waals surface area contributed by atoms with Crippen LogP contribution in [0.15, 0.2) is 60.8 Å². The van der Waals surface area contributed by atoms with E-state index in [1.165, 1.54) is 25.4 Å². The molecule has 0 bridgehead atoms. The van der Waals surface area contributed by atoms with Gasteiger partial charge in [-0.1, -0.05) is 23.2 Å². The van der Waals surface area contributed by atoms with Crippen molar-refractivity contribution in [2.24, 2.45) is 0 Å². The Morgan fingerprint density at radius 2 is 1.62 bits per heavy atom. The monoisotopic (exact) mass is 472 g/mol. The van der Waals surface area contributed by atoms with Gasteiger partial charge in [0, 0.05) is 30.0 Å². The Morgan fingerprint density at radius 1 is 0.906 bits per heavy atom. The summed E-state index contributed by atoms with van der Waals surface area (Å²) in [6.45, 7) is 0. The molecule has 0 saturated carbocycles. The zero-order chi connectivity index (χ0) is 23.1. The molecule has 164 valence electrons. The quantitative estimate of drug-likeness (QED) is 0.438. The summed E-state index contributed by atoms with van der Waals surface area (Å²) in [6, 6.07) is 14.3. The smallest absolute Gasteiger partial charge is 0.269 e. The van der Waals surface area contributed by atoms with Crippen LogP contribution >= 0.6 is 23.2 Å². The van der Waals surface area contributed by atoms with Gasteiger partial charge >= 0.3 is 0 Å². The molecule has 0 saturated heterocycles. The molecule has 2 aromatic carbocycles. The minimum atomic E-state index is -0.517. The number of rotatable bonds is 7. The normalized spacial score (nSPS) is 10.2. The summed E-state index contributed by atoms with van der Waals surface area (Å²) in [5.74, 6) is -0.405. The molecule has 3 amide bonds. The molecule has 3 N–H and O–H groups in total. The van der Waals surface area contributed by atoms with Gasteiger partial charge in [-0.25, -0.2) is 0 Å². The maximum absolute atomic E-state index is 12.2. The largest absolute Gasteiger partial charge is 0.457 e. The standard InChI is InChI=1S/C22H18Cl2N4O4/c1-25-22(31)19-11-16(8-9-26-19)32-15-5-3-14(4-6-15)27-20(29)12-21(30)28-18-7-2-13(23)10-17(18)24/h2-11H,12H2,1H3,(H,25,31)(H,27,29)(H,28,30). The molecule has 0 radical (unpaired) electrons. The fourth-order valence-corrected chi connectivity index (χ4v) is 3.06. The number of nitrogens with one attached hydrogen (secondary N) is 3. The van der Waals surface area contributed by atoms with Crippen molar-refractivity contribution in [1.29, 1.82) is 0 Å². The van der Waals surface area contributed by atoms with Crippen molar-refractivity contribution in [3.8, 4) is 11.5 Å². The Labute approximate surface area is 193 Å². The number of nitrogens with zero attached hydrogens (tertiary/aromatic N) is 1. The lowest BCUT2D eigenvalue weighted by molar-refractivity contribution is -0.123. The van der Waals surface area contributed by atoms with Crippen LogP contribution in [-0.4, -0.2) is 29.8 Å². The highest BCUT2D eigenvalue weighted by Crippen LogP contribution is 2.26. The number of pyridine rings is 1. The fraction of sp³-hybridized carbons (Fsp3) is 0.0909. The van der Waals surface area contributed by atoms with Gasteiger partial charge in [0.15, 0.2) is 0 Å². The molecule has 3 rings (SSSR count). The van der Waals surface area contributed by atoms with E-state index < -0.39 is 18.2 Å². The number of aromatic nitrogens is 1. The highest BCUT2D eigenvalue weighted by Gasteiger charge is 2.12. The maximum atomic E-state index is 12.2. The van der Waals surface area contributed by atoms with E-state index in [0.29, 0.717) is 27.9 Å². The summed E-state index contributed by atoms with van der Waals surface area (Å²) in [5, 5.41) is 8.40. The third-order valence-corrected chi connectivity index (χ3v) is 4.64. The Bertz CT molecular complexity index is 1150. The number of benzene rings is 2. The number of amides is 3. The van der Waals surface area contributed by atoms with Crippen molar-refractivity contribution in [3.63, 3.8) is 0 Å². The minimum Gasteiger partial charge on any atom is -0.457 e. The van der Waals surface area contributed by atoms with Crippen LogP contribution in [0.1, 0.15) is 16.9 Å². The van der Waals surface area contributed by atoms with Crippen molar-refractivity contribution < 1.29 is 19.1 Å². The highest BCUT2D eigenvalue weighted by molar-refractivity contribution is 6.36. The van der Waals surface area contributed by atoms with Gasteiger partial charge in [-0.05, 0) is 48.5 Å². The zero-order valence-corrected chi connectivity index (χ0v) is 18.3. The van der Waals surface area contributed by atoms with Gasteiger partial charge in [0.25, 0.3) is 5.91 Å². The average molecular weight is 473 g/mol. The Morgan fingerprint density at radius 3 is 2.31 bits per heavy atom. The van der Waals surface area contributed by atoms with Crippen LogP contribution in [0, 0.1) is 0 Å². The third-order valence-electron chi connectivity index (χ3n) is 4.09. The Kier molecular flexibility index (Phi) is 7.64. The van der Waals surface area contributed by atoms with Crippen LogP contribution in [0.3, 0.4) is 0 Å². The van der Waals surface area contributed by atoms with E-state index in [1.807, 2.05) is 0 Å². The highest BCUT2D eigenvalue weighted by atomic mass is 35.5. The van der Waals surface area contributed by atoms with Crippen LogP contribution in [-0.2, 0) is 9.59 Å². The second-order valence-electron chi connectivity index (χ2n) is 6.48. The molecule has 32 heavy (non-hydrogen) atoms. The lowest BCUT2D eigenvalue weighted by Gasteiger charge is -2.10. The van der Waals surface area contributed by atoms with Gasteiger partial charge in [0.2, 0.25) is 11.8 Å². The molecule has 10 heteroatoms. The molecule has 0 unspecified atom stereocenters. The molecule has 0 spiro atoms. The second-order valence-corrected chi connectivity index (χ2v) is 7.32. The van der Waals surface area contributed by atoms with Crippen molar-refractivity contribution >= 4 is 52.3 Å². The van der Waals surface area contributed by atoms with Crippen LogP contribution in [0.2, 0.25) is 10.0 Å². The number of carbonyl (C=O) groups excluding carboxylic acids is 3. The van der Waals surface area contributed by atoms with E-state index in [2.05, 4.69) is 20.9 Å². The van der Waals surface area contributed by atoms with Gasteiger partial charge < -0.3 is 20.7 Å². The molecule has 0 fully saturated rings. The second kappa shape index (κ2) is 10.6. The predicted molar refractivity (Wildman–Crippen MR) is 122 cm³/mol. The van der Waals surface area contributed by atoms with E-state index in [-0.39, 0.29) is 16.6 Å². The van der Waals surface area contributed by atoms with Gasteiger partial charge in [0.1, 0.15) is 23.6 Å². The van der Waals surface area contributed by atoms with Gasteiger partial charge in [-0.2, -0.15) is 0 Å². The lowest BCUT2D eigenvalue weighted by Crippen LogP contribution is -2.21. The maximum Gasteiger partial charge on any atom is 0.269 e. The lowest BCUT2D eigenvalue weighted by atomic mass is 10.2. The Balaban J connectivity index is 1.54. The topological polar surface area (TPSA) is 109 Å². The predicted octanol–water partition coefficient (Wildman–Crippen LogP) is 4.51. The summed E-state index contributed by atoms with van der Waals surface area (Å²) >= 11 is 11.8. The number of carbonyl (C=O) groups is 3. The summed E-state index contributed by atoms with van der Waals surface area (Å²) in [5.41, 5.74) is 1.08. The molecule has 0 atom stereocenters. The number of ether oxygens (including phenoxy) is 1. The molecular weight excluding hydrogens is 455 g/mol. The van der Waals surface area contributed by atoms with E-state index >= 15 is 0 Å². The van der Waals surface area contributed by atoms with Crippen LogP contribution in [0.5, 0.6) is 11.5 Å². The first-order valence-electron chi connectivity index (χ1n) is 9.35. The summed E-state index contributed by atoms with van der Waals surface area (Å²) in [7, 11) is 1.51. The third kappa shape index (κ3) is 6.44. The van der Waals surface area contributed by atoms with E-state index in [1.54, 1.807) is 42.5 Å². The molecular formula is C22H18Cl2N4O4.